The Bertz CT molecular complexity index is 982. The largest absolute Gasteiger partial charge is 0.454 e. The lowest BCUT2D eigenvalue weighted by atomic mass is 9.99. The Hall–Kier alpha value is -2.33. The number of rotatable bonds is 22. The number of pyridine rings is 1. The van der Waals surface area contributed by atoms with Gasteiger partial charge in [0.15, 0.2) is 5.76 Å². The molecule has 0 amide bonds. The van der Waals surface area contributed by atoms with Gasteiger partial charge in [-0.3, -0.25) is 4.98 Å². The van der Waals surface area contributed by atoms with Crippen LogP contribution in [0.1, 0.15) is 138 Å². The molecule has 1 unspecified atom stereocenters. The first kappa shape index (κ1) is 30.6. The third-order valence-corrected chi connectivity index (χ3v) is 8.32. The molecule has 4 nitrogen and oxygen atoms in total. The van der Waals surface area contributed by atoms with Gasteiger partial charge in [0.25, 0.3) is 6.29 Å². The van der Waals surface area contributed by atoms with Crippen LogP contribution >= 0.6 is 0 Å². The predicted molar refractivity (Wildman–Crippen MR) is 165 cm³/mol. The topological polar surface area (TPSA) is 40.6 Å². The Balaban J connectivity index is 1.11. The number of benzene rings is 1. The molecule has 0 radical (unpaired) electrons. The molecule has 4 rings (SSSR count). The number of hydrogen-bond donors (Lipinski definition) is 0. The maximum atomic E-state index is 6.26. The van der Waals surface area contributed by atoms with Crippen molar-refractivity contribution in [3.05, 3.63) is 71.2 Å². The summed E-state index contributed by atoms with van der Waals surface area (Å²) in [5.74, 6) is 1.85. The van der Waals surface area contributed by atoms with Crippen molar-refractivity contribution in [2.24, 2.45) is 5.92 Å². The molecule has 0 saturated heterocycles. The average molecular weight is 548 g/mol. The van der Waals surface area contributed by atoms with Crippen molar-refractivity contribution in [1.82, 2.24) is 4.98 Å². The maximum absolute atomic E-state index is 6.26. The van der Waals surface area contributed by atoms with Gasteiger partial charge in [-0.15, -0.1) is 0 Å². The van der Waals surface area contributed by atoms with E-state index in [4.69, 9.17) is 14.2 Å². The van der Waals surface area contributed by atoms with Crippen molar-refractivity contribution in [3.8, 4) is 0 Å². The van der Waals surface area contributed by atoms with Crippen LogP contribution in [0, 0.1) is 5.92 Å². The van der Waals surface area contributed by atoms with Crippen LogP contribution in [0.5, 0.6) is 0 Å². The molecule has 40 heavy (non-hydrogen) atoms. The van der Waals surface area contributed by atoms with E-state index in [1.54, 1.807) is 6.26 Å². The van der Waals surface area contributed by atoms with Crippen molar-refractivity contribution in [1.29, 1.82) is 0 Å². The van der Waals surface area contributed by atoms with Gasteiger partial charge in [0.2, 0.25) is 0 Å². The van der Waals surface area contributed by atoms with E-state index < -0.39 is 0 Å². The molecule has 1 aliphatic heterocycles. The Kier molecular flexibility index (Phi) is 13.9. The lowest BCUT2D eigenvalue weighted by Crippen LogP contribution is -2.04. The molecule has 1 saturated carbocycles. The van der Waals surface area contributed by atoms with Crippen LogP contribution in [-0.4, -0.2) is 18.2 Å². The van der Waals surface area contributed by atoms with Crippen molar-refractivity contribution in [2.75, 3.05) is 13.2 Å². The summed E-state index contributed by atoms with van der Waals surface area (Å²) < 4.78 is 18.0. The lowest BCUT2D eigenvalue weighted by molar-refractivity contribution is -0.0177. The standard InChI is InChI=1S/C36H53NO3/c1-2-3-4-15-26-38-27-16-14-20-33-25-24-32(28-37-33)35-29-39-36(40-35)34-21-13-12-19-31(34)18-11-9-7-5-6-8-10-17-30-22-23-30/h12-13,19,21,24-25,28-30,36H,2-11,14-18,20,22-23,26-27H2,1H3. The fourth-order valence-corrected chi connectivity index (χ4v) is 5.56. The molecule has 0 spiro atoms. The Labute approximate surface area is 243 Å². The molecule has 2 heterocycles. The summed E-state index contributed by atoms with van der Waals surface area (Å²) in [4.78, 5) is 4.68. The molecule has 0 bridgehead atoms. The van der Waals surface area contributed by atoms with Gasteiger partial charge in [-0.2, -0.15) is 0 Å². The van der Waals surface area contributed by atoms with Crippen LogP contribution in [-0.2, 0) is 27.1 Å². The number of ether oxygens (including phenoxy) is 3. The molecule has 4 heteroatoms. The van der Waals surface area contributed by atoms with Gasteiger partial charge in [-0.05, 0) is 62.1 Å². The minimum absolute atomic E-state index is 0.376. The molecule has 0 N–H and O–H groups in total. The number of unbranched alkanes of at least 4 members (excludes halogenated alkanes) is 10. The third kappa shape index (κ3) is 11.3. The van der Waals surface area contributed by atoms with E-state index >= 15 is 0 Å². The summed E-state index contributed by atoms with van der Waals surface area (Å²) in [6.45, 7) is 3.99. The van der Waals surface area contributed by atoms with Gasteiger partial charge in [-0.25, -0.2) is 0 Å². The minimum Gasteiger partial charge on any atom is -0.454 e. The monoisotopic (exact) mass is 547 g/mol. The first-order valence-electron chi connectivity index (χ1n) is 16.5. The summed E-state index contributed by atoms with van der Waals surface area (Å²) >= 11 is 0. The Morgan fingerprint density at radius 1 is 0.775 bits per heavy atom. The molecule has 1 aliphatic carbocycles. The third-order valence-electron chi connectivity index (χ3n) is 8.32. The van der Waals surface area contributed by atoms with E-state index in [2.05, 4.69) is 48.3 Å². The fraction of sp³-hybridized carbons (Fsp3) is 0.639. The van der Waals surface area contributed by atoms with Gasteiger partial charge < -0.3 is 14.2 Å². The molecule has 2 aromatic rings. The number of nitrogens with zero attached hydrogens (tertiary/aromatic N) is 1. The molecule has 220 valence electrons. The summed E-state index contributed by atoms with van der Waals surface area (Å²) in [5.41, 5.74) is 4.57. The first-order chi connectivity index (χ1) is 19.8. The normalized spacial score (nSPS) is 16.5. The highest BCUT2D eigenvalue weighted by molar-refractivity contribution is 5.59. The second kappa shape index (κ2) is 18.2. The molecule has 1 fully saturated rings. The van der Waals surface area contributed by atoms with Crippen LogP contribution in [0.4, 0.5) is 0 Å². The van der Waals surface area contributed by atoms with E-state index in [0.29, 0.717) is 0 Å². The summed E-state index contributed by atoms with van der Waals surface area (Å²) in [7, 11) is 0. The first-order valence-corrected chi connectivity index (χ1v) is 16.5. The van der Waals surface area contributed by atoms with Crippen molar-refractivity contribution in [2.45, 2.75) is 129 Å². The second-order valence-electron chi connectivity index (χ2n) is 11.9. The zero-order valence-corrected chi connectivity index (χ0v) is 25.1. The average Bonchev–Trinajstić information content (AvgIpc) is 3.69. The highest BCUT2D eigenvalue weighted by Crippen LogP contribution is 2.36. The summed E-state index contributed by atoms with van der Waals surface area (Å²) in [5, 5.41) is 0. The zero-order valence-electron chi connectivity index (χ0n) is 25.1. The molecule has 1 aromatic heterocycles. The summed E-state index contributed by atoms with van der Waals surface area (Å²) in [6, 6.07) is 12.8. The number of aromatic nitrogens is 1. The van der Waals surface area contributed by atoms with Crippen LogP contribution in [0.25, 0.3) is 5.76 Å². The van der Waals surface area contributed by atoms with Gasteiger partial charge in [-0.1, -0.05) is 108 Å². The van der Waals surface area contributed by atoms with Gasteiger partial charge in [0.05, 0.1) is 0 Å². The van der Waals surface area contributed by atoms with Crippen LogP contribution < -0.4 is 0 Å². The predicted octanol–water partition coefficient (Wildman–Crippen LogP) is 10.1. The van der Waals surface area contributed by atoms with Gasteiger partial charge in [0.1, 0.15) is 6.26 Å². The second-order valence-corrected chi connectivity index (χ2v) is 11.9. The SMILES string of the molecule is CCCCCCOCCCCc1ccc(C2=COC(c3ccccc3CCCCCCCCCC3CC3)O2)cn1. The highest BCUT2D eigenvalue weighted by atomic mass is 16.7. The number of hydrogen-bond acceptors (Lipinski definition) is 4. The molecule has 1 aromatic carbocycles. The molecular weight excluding hydrogens is 494 g/mol. The fourth-order valence-electron chi connectivity index (χ4n) is 5.56. The number of aryl methyl sites for hydroxylation is 2. The molecule has 1 atom stereocenters. The summed E-state index contributed by atoms with van der Waals surface area (Å²) in [6.07, 6.45) is 26.6. The van der Waals surface area contributed by atoms with Crippen LogP contribution in [0.15, 0.2) is 48.9 Å². The van der Waals surface area contributed by atoms with E-state index in [0.717, 1.165) is 67.4 Å². The van der Waals surface area contributed by atoms with Gasteiger partial charge in [0, 0.05) is 36.2 Å². The smallest absolute Gasteiger partial charge is 0.267 e. The Morgan fingerprint density at radius 3 is 2.27 bits per heavy atom. The van der Waals surface area contributed by atoms with Crippen molar-refractivity contribution >= 4 is 5.76 Å². The van der Waals surface area contributed by atoms with Crippen LogP contribution in [0.2, 0.25) is 0 Å². The van der Waals surface area contributed by atoms with Crippen molar-refractivity contribution in [3.63, 3.8) is 0 Å². The zero-order chi connectivity index (χ0) is 27.7. The molecular formula is C36H53NO3. The minimum atomic E-state index is -0.376. The van der Waals surface area contributed by atoms with E-state index in [-0.39, 0.29) is 6.29 Å². The van der Waals surface area contributed by atoms with E-state index in [9.17, 15) is 0 Å². The van der Waals surface area contributed by atoms with Crippen molar-refractivity contribution < 1.29 is 14.2 Å². The van der Waals surface area contributed by atoms with Gasteiger partial charge >= 0.3 is 0 Å². The van der Waals surface area contributed by atoms with E-state index in [1.807, 2.05) is 6.20 Å². The maximum Gasteiger partial charge on any atom is 0.267 e. The lowest BCUT2D eigenvalue weighted by Gasteiger charge is -2.16. The highest BCUT2D eigenvalue weighted by Gasteiger charge is 2.25. The quantitative estimate of drug-likeness (QED) is 0.138. The Morgan fingerprint density at radius 2 is 1.50 bits per heavy atom. The van der Waals surface area contributed by atoms with Crippen LogP contribution in [0.3, 0.4) is 0 Å². The molecule has 2 aliphatic rings. The van der Waals surface area contributed by atoms with E-state index in [1.165, 1.54) is 95.5 Å².